The first-order valence-electron chi connectivity index (χ1n) is 2.98. The van der Waals surface area contributed by atoms with Crippen molar-refractivity contribution in [2.24, 2.45) is 10.7 Å². The Bertz CT molecular complexity index is 271. The maximum atomic E-state index is 8.47. The van der Waals surface area contributed by atoms with Crippen LogP contribution in [0.25, 0.3) is 0 Å². The molecule has 0 aliphatic carbocycles. The van der Waals surface area contributed by atoms with Crippen molar-refractivity contribution in [2.45, 2.75) is 12.0 Å². The Labute approximate surface area is 69.3 Å². The monoisotopic (exact) mass is 170 g/mol. The van der Waals surface area contributed by atoms with E-state index in [4.69, 9.17) is 22.6 Å². The fourth-order valence-corrected chi connectivity index (χ4v) is 0.832. The molecule has 5 heteroatoms. The van der Waals surface area contributed by atoms with E-state index in [1.54, 1.807) is 6.92 Å². The first kappa shape index (κ1) is 7.89. The Morgan fingerprint density at radius 3 is 3.00 bits per heavy atom. The number of nitriles is 1. The van der Waals surface area contributed by atoms with Crippen LogP contribution in [-0.4, -0.2) is 11.0 Å². The molecule has 4 nitrogen and oxygen atoms in total. The summed E-state index contributed by atoms with van der Waals surface area (Å²) in [6, 6.07) is 1.88. The molecule has 1 heterocycles. The molecule has 0 saturated carbocycles. The second kappa shape index (κ2) is 2.44. The third-order valence-electron chi connectivity index (χ3n) is 1.21. The van der Waals surface area contributed by atoms with E-state index in [0.29, 0.717) is 5.57 Å². The predicted octanol–water partition coefficient (Wildman–Crippen LogP) is 0.267. The van der Waals surface area contributed by atoms with Gasteiger partial charge in [0.15, 0.2) is 0 Å². The lowest BCUT2D eigenvalue weighted by atomic mass is 10.2. The Morgan fingerprint density at radius 1 is 1.91 bits per heavy atom. The fourth-order valence-electron chi connectivity index (χ4n) is 0.686. The van der Waals surface area contributed by atoms with Crippen molar-refractivity contribution in [2.75, 3.05) is 0 Å². The molecular formula is C6H7ClN4. The third-order valence-corrected chi connectivity index (χ3v) is 1.40. The van der Waals surface area contributed by atoms with Gasteiger partial charge in [0.2, 0.25) is 5.12 Å². The number of nitrogens with one attached hydrogen (secondary N) is 1. The highest BCUT2D eigenvalue weighted by Gasteiger charge is 2.22. The number of halogens is 1. The quantitative estimate of drug-likeness (QED) is 0.405. The Balaban J connectivity index is 2.94. The van der Waals surface area contributed by atoms with Gasteiger partial charge in [-0.15, -0.1) is 0 Å². The van der Waals surface area contributed by atoms with Crippen LogP contribution >= 0.6 is 11.6 Å². The maximum absolute atomic E-state index is 8.47. The fraction of sp³-hybridized carbons (Fsp3) is 0.333. The molecule has 0 radical (unpaired) electrons. The van der Waals surface area contributed by atoms with Gasteiger partial charge in [-0.2, -0.15) is 5.26 Å². The molecule has 11 heavy (non-hydrogen) atoms. The summed E-state index contributed by atoms with van der Waals surface area (Å²) in [5.74, 6) is 0.170. The number of nitrogens with zero attached hydrogens (tertiary/aromatic N) is 2. The van der Waals surface area contributed by atoms with Crippen molar-refractivity contribution in [3.8, 4) is 6.07 Å². The summed E-state index contributed by atoms with van der Waals surface area (Å²) in [4.78, 5) is 3.82. The summed E-state index contributed by atoms with van der Waals surface area (Å²) in [7, 11) is 0. The van der Waals surface area contributed by atoms with Crippen LogP contribution in [0.5, 0.6) is 0 Å². The van der Waals surface area contributed by atoms with E-state index in [0.717, 1.165) is 0 Å². The molecule has 1 atom stereocenters. The standard InChI is InChI=1S/C6H7ClN4/c1-6(7)10-3-4(2-8)5(9)11-6/h3,10H,1H3,(H2,9,11). The lowest BCUT2D eigenvalue weighted by Crippen LogP contribution is -2.38. The molecule has 0 amide bonds. The first-order valence-corrected chi connectivity index (χ1v) is 3.35. The minimum absolute atomic E-state index is 0.170. The van der Waals surface area contributed by atoms with Crippen molar-refractivity contribution in [3.63, 3.8) is 0 Å². The van der Waals surface area contributed by atoms with E-state index in [1.807, 2.05) is 6.07 Å². The molecular weight excluding hydrogens is 164 g/mol. The number of amidine groups is 1. The van der Waals surface area contributed by atoms with Gasteiger partial charge in [0.05, 0.1) is 0 Å². The zero-order valence-corrected chi connectivity index (χ0v) is 6.68. The van der Waals surface area contributed by atoms with E-state index < -0.39 is 5.12 Å². The second-order valence-electron chi connectivity index (χ2n) is 2.26. The van der Waals surface area contributed by atoms with Crippen LogP contribution in [-0.2, 0) is 0 Å². The number of hydrogen-bond donors (Lipinski definition) is 2. The average Bonchev–Trinajstić information content (AvgIpc) is 1.86. The largest absolute Gasteiger partial charge is 0.383 e. The molecule has 0 bridgehead atoms. The second-order valence-corrected chi connectivity index (χ2v) is 3.00. The summed E-state index contributed by atoms with van der Waals surface area (Å²) in [6.07, 6.45) is 1.45. The molecule has 0 spiro atoms. The van der Waals surface area contributed by atoms with Crippen molar-refractivity contribution < 1.29 is 0 Å². The van der Waals surface area contributed by atoms with E-state index in [2.05, 4.69) is 10.3 Å². The number of nitrogens with two attached hydrogens (primary N) is 1. The van der Waals surface area contributed by atoms with Crippen molar-refractivity contribution >= 4 is 17.4 Å². The third kappa shape index (κ3) is 1.63. The van der Waals surface area contributed by atoms with Crippen LogP contribution in [0, 0.1) is 11.3 Å². The van der Waals surface area contributed by atoms with Gasteiger partial charge in [0.1, 0.15) is 17.5 Å². The molecule has 1 aliphatic rings. The van der Waals surface area contributed by atoms with Gasteiger partial charge in [0, 0.05) is 6.20 Å². The van der Waals surface area contributed by atoms with Gasteiger partial charge in [-0.25, -0.2) is 4.99 Å². The molecule has 58 valence electrons. The Morgan fingerprint density at radius 2 is 2.55 bits per heavy atom. The van der Waals surface area contributed by atoms with Crippen molar-refractivity contribution in [1.29, 1.82) is 5.26 Å². The van der Waals surface area contributed by atoms with E-state index >= 15 is 0 Å². The van der Waals surface area contributed by atoms with Crippen LogP contribution in [0.4, 0.5) is 0 Å². The highest BCUT2D eigenvalue weighted by atomic mass is 35.5. The first-order chi connectivity index (χ1) is 5.05. The lowest BCUT2D eigenvalue weighted by Gasteiger charge is -2.22. The zero-order chi connectivity index (χ0) is 8.48. The number of rotatable bonds is 0. The van der Waals surface area contributed by atoms with E-state index in [1.165, 1.54) is 6.20 Å². The van der Waals surface area contributed by atoms with Crippen LogP contribution in [0.2, 0.25) is 0 Å². The molecule has 0 aromatic rings. The van der Waals surface area contributed by atoms with E-state index in [-0.39, 0.29) is 5.84 Å². The molecule has 0 fully saturated rings. The zero-order valence-electron chi connectivity index (χ0n) is 5.93. The molecule has 1 aliphatic heterocycles. The van der Waals surface area contributed by atoms with Crippen LogP contribution in [0.3, 0.4) is 0 Å². The van der Waals surface area contributed by atoms with Gasteiger partial charge in [-0.05, 0) is 6.92 Å². The summed E-state index contributed by atoms with van der Waals surface area (Å²) in [5, 5.41) is 10.3. The number of hydrogen-bond acceptors (Lipinski definition) is 4. The van der Waals surface area contributed by atoms with Gasteiger partial charge >= 0.3 is 0 Å². The van der Waals surface area contributed by atoms with Gasteiger partial charge < -0.3 is 11.1 Å². The smallest absolute Gasteiger partial charge is 0.205 e. The summed E-state index contributed by atoms with van der Waals surface area (Å²) < 4.78 is 0. The maximum Gasteiger partial charge on any atom is 0.205 e. The van der Waals surface area contributed by atoms with Gasteiger partial charge in [-0.3, -0.25) is 0 Å². The van der Waals surface area contributed by atoms with Crippen molar-refractivity contribution in [1.82, 2.24) is 5.32 Å². The number of alkyl halides is 1. The molecule has 0 aromatic heterocycles. The molecule has 3 N–H and O–H groups in total. The van der Waals surface area contributed by atoms with E-state index in [9.17, 15) is 0 Å². The summed E-state index contributed by atoms with van der Waals surface area (Å²) in [6.45, 7) is 1.64. The normalized spacial score (nSPS) is 29.5. The Hall–Kier alpha value is -1.21. The summed E-state index contributed by atoms with van der Waals surface area (Å²) >= 11 is 5.76. The number of aliphatic imine (C=N–C) groups is 1. The minimum Gasteiger partial charge on any atom is -0.383 e. The highest BCUT2D eigenvalue weighted by Crippen LogP contribution is 2.16. The van der Waals surface area contributed by atoms with Crippen LogP contribution in [0.15, 0.2) is 16.8 Å². The molecule has 0 saturated heterocycles. The van der Waals surface area contributed by atoms with Crippen LogP contribution in [0.1, 0.15) is 6.92 Å². The summed E-state index contributed by atoms with van der Waals surface area (Å²) in [5.41, 5.74) is 5.71. The highest BCUT2D eigenvalue weighted by molar-refractivity contribution is 6.24. The lowest BCUT2D eigenvalue weighted by molar-refractivity contribution is 0.588. The molecule has 1 rings (SSSR count). The molecule has 1 unspecified atom stereocenters. The minimum atomic E-state index is -0.912. The SMILES string of the molecule is CC1(Cl)N=C(N)C(C#N)=CN1. The average molecular weight is 171 g/mol. The Kier molecular flexibility index (Phi) is 1.75. The van der Waals surface area contributed by atoms with Gasteiger partial charge in [-0.1, -0.05) is 11.6 Å². The van der Waals surface area contributed by atoms with Crippen LogP contribution < -0.4 is 11.1 Å². The van der Waals surface area contributed by atoms with Gasteiger partial charge in [0.25, 0.3) is 0 Å². The molecule has 0 aromatic carbocycles. The van der Waals surface area contributed by atoms with Crippen molar-refractivity contribution in [3.05, 3.63) is 11.8 Å². The topological polar surface area (TPSA) is 74.2 Å². The predicted molar refractivity (Wildman–Crippen MR) is 42.7 cm³/mol.